The Balaban J connectivity index is 1.27. The van der Waals surface area contributed by atoms with Gasteiger partial charge in [-0.05, 0) is 37.3 Å². The topological polar surface area (TPSA) is 122 Å². The minimum absolute atomic E-state index is 0.0451. The largest absolute Gasteiger partial charge is 0.454 e. The van der Waals surface area contributed by atoms with Crippen LogP contribution in [0.25, 0.3) is 0 Å². The first kappa shape index (κ1) is 19.8. The van der Waals surface area contributed by atoms with Crippen LogP contribution in [-0.2, 0) is 23.9 Å². The molecule has 1 aromatic carbocycles. The van der Waals surface area contributed by atoms with E-state index in [1.807, 2.05) is 12.2 Å². The van der Waals surface area contributed by atoms with E-state index in [9.17, 15) is 24.0 Å². The fourth-order valence-electron chi connectivity index (χ4n) is 4.49. The zero-order valence-electron chi connectivity index (χ0n) is 16.2. The van der Waals surface area contributed by atoms with Crippen molar-refractivity contribution < 1.29 is 28.7 Å². The Bertz CT molecular complexity index is 913. The average Bonchev–Trinajstić information content (AvgIpc) is 3.44. The van der Waals surface area contributed by atoms with Gasteiger partial charge in [-0.25, -0.2) is 4.79 Å². The molecule has 2 bridgehead atoms. The highest BCUT2D eigenvalue weighted by atomic mass is 16.5. The third-order valence-electron chi connectivity index (χ3n) is 5.93. The Morgan fingerprint density at radius 2 is 1.63 bits per heavy atom. The maximum Gasteiger partial charge on any atom is 0.329 e. The maximum absolute atomic E-state index is 12.7. The number of hydrazine groups is 1. The molecule has 4 amide bonds. The second-order valence-corrected chi connectivity index (χ2v) is 7.70. The first-order chi connectivity index (χ1) is 14.4. The quantitative estimate of drug-likeness (QED) is 0.309. The van der Waals surface area contributed by atoms with E-state index < -0.39 is 42.3 Å². The zero-order valence-corrected chi connectivity index (χ0v) is 16.2. The second kappa shape index (κ2) is 7.74. The molecular formula is C21H21N3O6. The molecule has 4 rings (SSSR count). The molecule has 156 valence electrons. The lowest BCUT2D eigenvalue weighted by Crippen LogP contribution is -2.47. The molecule has 0 unspecified atom stereocenters. The molecular weight excluding hydrogens is 390 g/mol. The smallest absolute Gasteiger partial charge is 0.329 e. The van der Waals surface area contributed by atoms with Gasteiger partial charge in [0.2, 0.25) is 11.8 Å². The van der Waals surface area contributed by atoms with Crippen molar-refractivity contribution in [2.45, 2.75) is 19.4 Å². The number of carbonyl (C=O) groups is 5. The van der Waals surface area contributed by atoms with Gasteiger partial charge in [-0.2, -0.15) is 0 Å². The van der Waals surface area contributed by atoms with Crippen molar-refractivity contribution in [1.29, 1.82) is 0 Å². The van der Waals surface area contributed by atoms with Gasteiger partial charge in [-0.3, -0.25) is 34.9 Å². The van der Waals surface area contributed by atoms with Crippen molar-refractivity contribution in [2.75, 3.05) is 6.61 Å². The molecule has 9 heteroatoms. The summed E-state index contributed by atoms with van der Waals surface area (Å²) in [4.78, 5) is 62.5. The molecule has 0 aromatic heterocycles. The standard InChI is InChI=1S/C21H21N3O6/c1-11(24-19(27)16-13-7-8-14(9-13)17(16)20(24)28)21(29)30-10-15(25)22-23-18(26)12-5-3-2-4-6-12/h2-8,11,13-14,16-17H,9-10H2,1H3,(H,22,25)(H,23,26)/t11-,13+,14+,16+,17+/m1/s1. The zero-order chi connectivity index (χ0) is 21.4. The van der Waals surface area contributed by atoms with Gasteiger partial charge in [0.1, 0.15) is 6.04 Å². The van der Waals surface area contributed by atoms with Crippen molar-refractivity contribution in [1.82, 2.24) is 15.8 Å². The molecule has 5 atom stereocenters. The van der Waals surface area contributed by atoms with Gasteiger partial charge in [0.15, 0.2) is 6.61 Å². The lowest BCUT2D eigenvalue weighted by Gasteiger charge is -2.23. The molecule has 1 heterocycles. The normalized spacial score (nSPS) is 27.0. The molecule has 1 saturated carbocycles. The van der Waals surface area contributed by atoms with Gasteiger partial charge in [-0.15, -0.1) is 0 Å². The fourth-order valence-corrected chi connectivity index (χ4v) is 4.49. The summed E-state index contributed by atoms with van der Waals surface area (Å²) in [6, 6.07) is 7.13. The Morgan fingerprint density at radius 1 is 1.03 bits per heavy atom. The predicted molar refractivity (Wildman–Crippen MR) is 102 cm³/mol. The number of ether oxygens (including phenoxy) is 1. The van der Waals surface area contributed by atoms with Crippen LogP contribution in [0.1, 0.15) is 23.7 Å². The summed E-state index contributed by atoms with van der Waals surface area (Å²) in [7, 11) is 0. The molecule has 3 aliphatic rings. The number of carbonyl (C=O) groups excluding carboxylic acids is 5. The number of imide groups is 1. The van der Waals surface area contributed by atoms with Crippen LogP contribution in [-0.4, -0.2) is 47.1 Å². The summed E-state index contributed by atoms with van der Waals surface area (Å²) in [6.07, 6.45) is 4.74. The summed E-state index contributed by atoms with van der Waals surface area (Å²) in [5.41, 5.74) is 4.70. The Morgan fingerprint density at radius 3 is 2.23 bits per heavy atom. The minimum Gasteiger partial charge on any atom is -0.454 e. The van der Waals surface area contributed by atoms with Crippen molar-refractivity contribution in [3.8, 4) is 0 Å². The average molecular weight is 411 g/mol. The van der Waals surface area contributed by atoms with Crippen LogP contribution in [0.4, 0.5) is 0 Å². The summed E-state index contributed by atoms with van der Waals surface area (Å²) in [5.74, 6) is -3.56. The predicted octanol–water partition coefficient (Wildman–Crippen LogP) is 0.186. The number of nitrogens with one attached hydrogen (secondary N) is 2. The molecule has 0 radical (unpaired) electrons. The number of rotatable bonds is 5. The summed E-state index contributed by atoms with van der Waals surface area (Å²) in [5, 5.41) is 0. The van der Waals surface area contributed by atoms with Crippen LogP contribution in [0.3, 0.4) is 0 Å². The van der Waals surface area contributed by atoms with Crippen LogP contribution in [0.15, 0.2) is 42.5 Å². The number of fused-ring (bicyclic) bond motifs is 5. The Hall–Kier alpha value is -3.49. The number of allylic oxidation sites excluding steroid dienone is 2. The number of hydrogen-bond donors (Lipinski definition) is 2. The number of amides is 4. The summed E-state index contributed by atoms with van der Waals surface area (Å²) < 4.78 is 4.94. The van der Waals surface area contributed by atoms with Crippen molar-refractivity contribution in [2.24, 2.45) is 23.7 Å². The number of esters is 1. The van der Waals surface area contributed by atoms with Crippen LogP contribution < -0.4 is 10.9 Å². The van der Waals surface area contributed by atoms with Crippen molar-refractivity contribution >= 4 is 29.6 Å². The molecule has 2 aliphatic carbocycles. The second-order valence-electron chi connectivity index (χ2n) is 7.70. The highest BCUT2D eigenvalue weighted by Gasteiger charge is 2.60. The number of benzene rings is 1. The van der Waals surface area contributed by atoms with E-state index in [2.05, 4.69) is 10.9 Å². The number of likely N-dealkylation sites (tertiary alicyclic amines) is 1. The molecule has 30 heavy (non-hydrogen) atoms. The molecule has 2 fully saturated rings. The maximum atomic E-state index is 12.7. The first-order valence-corrected chi connectivity index (χ1v) is 9.74. The van der Waals surface area contributed by atoms with Crippen molar-refractivity contribution in [3.63, 3.8) is 0 Å². The lowest BCUT2D eigenvalue weighted by atomic mass is 9.85. The molecule has 0 spiro atoms. The Labute approximate surface area is 172 Å². The number of nitrogens with zero attached hydrogens (tertiary/aromatic N) is 1. The van der Waals surface area contributed by atoms with E-state index >= 15 is 0 Å². The van der Waals surface area contributed by atoms with E-state index in [4.69, 9.17) is 4.74 Å². The third-order valence-corrected chi connectivity index (χ3v) is 5.93. The van der Waals surface area contributed by atoms with Gasteiger partial charge in [0.25, 0.3) is 11.8 Å². The van der Waals surface area contributed by atoms with E-state index in [1.54, 1.807) is 30.3 Å². The van der Waals surface area contributed by atoms with E-state index in [0.29, 0.717) is 5.56 Å². The fraction of sp³-hybridized carbons (Fsp3) is 0.381. The molecule has 1 saturated heterocycles. The lowest BCUT2D eigenvalue weighted by molar-refractivity contribution is -0.160. The van der Waals surface area contributed by atoms with Crippen LogP contribution in [0.2, 0.25) is 0 Å². The van der Waals surface area contributed by atoms with Crippen molar-refractivity contribution in [3.05, 3.63) is 48.0 Å². The Kier molecular flexibility index (Phi) is 5.11. The van der Waals surface area contributed by atoms with E-state index in [0.717, 1.165) is 11.3 Å². The monoisotopic (exact) mass is 411 g/mol. The summed E-state index contributed by atoms with van der Waals surface area (Å²) in [6.45, 7) is 0.748. The van der Waals surface area contributed by atoms with Gasteiger partial charge in [0.05, 0.1) is 11.8 Å². The molecule has 2 N–H and O–H groups in total. The number of hydrogen-bond acceptors (Lipinski definition) is 6. The van der Waals surface area contributed by atoms with Crippen LogP contribution in [0, 0.1) is 23.7 Å². The third kappa shape index (κ3) is 3.36. The highest BCUT2D eigenvalue weighted by Crippen LogP contribution is 2.52. The van der Waals surface area contributed by atoms with Crippen LogP contribution >= 0.6 is 0 Å². The molecule has 9 nitrogen and oxygen atoms in total. The van der Waals surface area contributed by atoms with Gasteiger partial charge >= 0.3 is 5.97 Å². The van der Waals surface area contributed by atoms with Gasteiger partial charge in [-0.1, -0.05) is 30.4 Å². The highest BCUT2D eigenvalue weighted by molar-refractivity contribution is 6.09. The van der Waals surface area contributed by atoms with E-state index in [-0.39, 0.29) is 23.7 Å². The molecule has 1 aliphatic heterocycles. The minimum atomic E-state index is -1.12. The first-order valence-electron chi connectivity index (χ1n) is 9.74. The molecule has 1 aromatic rings. The van der Waals surface area contributed by atoms with Gasteiger partial charge < -0.3 is 4.74 Å². The van der Waals surface area contributed by atoms with Crippen LogP contribution in [0.5, 0.6) is 0 Å². The summed E-state index contributed by atoms with van der Waals surface area (Å²) >= 11 is 0. The SMILES string of the molecule is C[C@H](C(=O)OCC(=O)NNC(=O)c1ccccc1)N1C(=O)[C@@H]2[C@@H](C1=O)[C@H]1C=C[C@H]2C1. The van der Waals surface area contributed by atoms with E-state index in [1.165, 1.54) is 6.92 Å². The van der Waals surface area contributed by atoms with Gasteiger partial charge in [0, 0.05) is 5.56 Å².